The number of nitrogens with one attached hydrogen (secondary N) is 1. The molecule has 0 unspecified atom stereocenters. The van der Waals surface area contributed by atoms with Crippen molar-refractivity contribution in [1.29, 1.82) is 0 Å². The van der Waals surface area contributed by atoms with Gasteiger partial charge in [0.25, 0.3) is 0 Å². The Morgan fingerprint density at radius 3 is 2.43 bits per heavy atom. The number of benzene rings is 1. The molecule has 1 saturated carbocycles. The highest BCUT2D eigenvalue weighted by atomic mass is 32.2. The summed E-state index contributed by atoms with van der Waals surface area (Å²) in [6.07, 6.45) is 4.31. The minimum atomic E-state index is -3.48. The summed E-state index contributed by atoms with van der Waals surface area (Å²) in [6.45, 7) is 5.79. The van der Waals surface area contributed by atoms with Gasteiger partial charge in [-0.1, -0.05) is 19.8 Å². The molecule has 2 atom stereocenters. The van der Waals surface area contributed by atoms with Crippen LogP contribution in [0, 0.1) is 19.8 Å². The van der Waals surface area contributed by atoms with Crippen molar-refractivity contribution in [2.24, 2.45) is 5.92 Å². The van der Waals surface area contributed by atoms with E-state index in [9.17, 15) is 8.42 Å². The van der Waals surface area contributed by atoms with Crippen LogP contribution in [0.15, 0.2) is 17.0 Å². The molecule has 21 heavy (non-hydrogen) atoms. The molecule has 2 rings (SSSR count). The van der Waals surface area contributed by atoms with Gasteiger partial charge >= 0.3 is 0 Å². The maximum absolute atomic E-state index is 12.7. The molecule has 4 nitrogen and oxygen atoms in total. The maximum Gasteiger partial charge on any atom is 0.241 e. The molecule has 118 valence electrons. The third-order valence-electron chi connectivity index (χ3n) is 4.40. The molecule has 1 aromatic rings. The lowest BCUT2D eigenvalue weighted by Gasteiger charge is -2.29. The van der Waals surface area contributed by atoms with Crippen LogP contribution in [0.2, 0.25) is 0 Å². The van der Waals surface area contributed by atoms with E-state index in [1.54, 1.807) is 26.2 Å². The second-order valence-corrected chi connectivity index (χ2v) is 7.76. The highest BCUT2D eigenvalue weighted by Gasteiger charge is 2.28. The summed E-state index contributed by atoms with van der Waals surface area (Å²) in [5.74, 6) is 1.12. The molecule has 0 saturated heterocycles. The van der Waals surface area contributed by atoms with Gasteiger partial charge in [-0.3, -0.25) is 0 Å². The van der Waals surface area contributed by atoms with Gasteiger partial charge in [0.05, 0.1) is 12.0 Å². The fourth-order valence-corrected chi connectivity index (χ4v) is 4.72. The molecule has 0 radical (unpaired) electrons. The average Bonchev–Trinajstić information content (AvgIpc) is 2.43. The highest BCUT2D eigenvalue weighted by Crippen LogP contribution is 2.28. The molecule has 1 N–H and O–H groups in total. The first-order valence-electron chi connectivity index (χ1n) is 7.52. The van der Waals surface area contributed by atoms with Gasteiger partial charge in [0.15, 0.2) is 0 Å². The lowest BCUT2D eigenvalue weighted by molar-refractivity contribution is 0.310. The van der Waals surface area contributed by atoms with Gasteiger partial charge in [0.2, 0.25) is 10.0 Å². The van der Waals surface area contributed by atoms with E-state index in [1.807, 2.05) is 6.92 Å². The third kappa shape index (κ3) is 3.58. The predicted octanol–water partition coefficient (Wildman–Crippen LogP) is 3.17. The molecule has 0 aliphatic heterocycles. The number of hydrogen-bond donors (Lipinski definition) is 1. The molecular formula is C16H25NO3S. The Bertz CT molecular complexity index is 610. The second kappa shape index (κ2) is 6.36. The van der Waals surface area contributed by atoms with E-state index < -0.39 is 10.0 Å². The van der Waals surface area contributed by atoms with Gasteiger partial charge in [0, 0.05) is 6.04 Å². The van der Waals surface area contributed by atoms with Crippen LogP contribution in [0.25, 0.3) is 0 Å². The zero-order chi connectivity index (χ0) is 15.6. The van der Waals surface area contributed by atoms with Crippen molar-refractivity contribution in [3.63, 3.8) is 0 Å². The zero-order valence-electron chi connectivity index (χ0n) is 13.3. The van der Waals surface area contributed by atoms with Gasteiger partial charge in [0.1, 0.15) is 5.75 Å². The number of ether oxygens (including phenoxy) is 1. The van der Waals surface area contributed by atoms with E-state index in [0.29, 0.717) is 16.4 Å². The first-order valence-corrected chi connectivity index (χ1v) is 9.01. The Kier molecular flexibility index (Phi) is 4.94. The van der Waals surface area contributed by atoms with Crippen LogP contribution in [0.5, 0.6) is 5.75 Å². The van der Waals surface area contributed by atoms with E-state index in [4.69, 9.17) is 4.74 Å². The normalized spacial score (nSPS) is 23.0. The zero-order valence-corrected chi connectivity index (χ0v) is 14.1. The van der Waals surface area contributed by atoms with E-state index in [-0.39, 0.29) is 6.04 Å². The van der Waals surface area contributed by atoms with E-state index >= 15 is 0 Å². The molecule has 0 amide bonds. The maximum atomic E-state index is 12.7. The van der Waals surface area contributed by atoms with Gasteiger partial charge < -0.3 is 4.74 Å². The van der Waals surface area contributed by atoms with E-state index in [1.165, 1.54) is 6.42 Å². The van der Waals surface area contributed by atoms with E-state index in [0.717, 1.165) is 30.6 Å². The molecule has 5 heteroatoms. The second-order valence-electron chi connectivity index (χ2n) is 6.08. The fourth-order valence-electron chi connectivity index (χ4n) is 3.03. The van der Waals surface area contributed by atoms with Crippen LogP contribution in [-0.4, -0.2) is 21.6 Å². The monoisotopic (exact) mass is 311 g/mol. The number of aryl methyl sites for hydroxylation is 2. The summed E-state index contributed by atoms with van der Waals surface area (Å²) < 4.78 is 33.5. The summed E-state index contributed by atoms with van der Waals surface area (Å²) in [5.41, 5.74) is 1.55. The Hall–Kier alpha value is -1.07. The first-order chi connectivity index (χ1) is 9.85. The lowest BCUT2D eigenvalue weighted by atomic mass is 9.87. The van der Waals surface area contributed by atoms with Crippen LogP contribution in [0.4, 0.5) is 0 Å². The van der Waals surface area contributed by atoms with Crippen LogP contribution < -0.4 is 9.46 Å². The number of rotatable bonds is 4. The minimum absolute atomic E-state index is 0.0468. The van der Waals surface area contributed by atoms with Crippen molar-refractivity contribution in [3.8, 4) is 5.75 Å². The smallest absolute Gasteiger partial charge is 0.241 e. The van der Waals surface area contributed by atoms with Crippen molar-refractivity contribution >= 4 is 10.0 Å². The fraction of sp³-hybridized carbons (Fsp3) is 0.625. The Morgan fingerprint density at radius 2 is 1.81 bits per heavy atom. The SMILES string of the molecule is COc1cc(C)c(S(=O)(=O)N[C@H]2CCCC[C@H]2C)cc1C. The predicted molar refractivity (Wildman–Crippen MR) is 84.2 cm³/mol. The summed E-state index contributed by atoms with van der Waals surface area (Å²) in [7, 11) is -1.88. The van der Waals surface area contributed by atoms with Crippen molar-refractivity contribution in [2.45, 2.75) is 57.4 Å². The van der Waals surface area contributed by atoms with Crippen LogP contribution in [0.3, 0.4) is 0 Å². The third-order valence-corrected chi connectivity index (χ3v) is 6.03. The molecular weight excluding hydrogens is 286 g/mol. The van der Waals surface area contributed by atoms with E-state index in [2.05, 4.69) is 11.6 Å². The molecule has 1 fully saturated rings. The van der Waals surface area contributed by atoms with Crippen LogP contribution >= 0.6 is 0 Å². The summed E-state index contributed by atoms with van der Waals surface area (Å²) >= 11 is 0. The largest absolute Gasteiger partial charge is 0.496 e. The Labute approximate surface area is 127 Å². The van der Waals surface area contributed by atoms with Crippen LogP contribution in [-0.2, 0) is 10.0 Å². The quantitative estimate of drug-likeness (QED) is 0.929. The lowest BCUT2D eigenvalue weighted by Crippen LogP contribution is -2.41. The number of hydrogen-bond acceptors (Lipinski definition) is 3. The van der Waals surface area contributed by atoms with Crippen molar-refractivity contribution in [3.05, 3.63) is 23.3 Å². The van der Waals surface area contributed by atoms with Gasteiger partial charge in [-0.25, -0.2) is 13.1 Å². The van der Waals surface area contributed by atoms with Gasteiger partial charge in [-0.15, -0.1) is 0 Å². The number of methoxy groups -OCH3 is 1. The summed E-state index contributed by atoms with van der Waals surface area (Å²) in [6, 6.07) is 3.53. The standard InChI is InChI=1S/C16H25NO3S/c1-11-7-5-6-8-14(11)17-21(18,19)16-10-12(2)15(20-4)9-13(16)3/h9-11,14,17H,5-8H2,1-4H3/t11-,14+/m1/s1. The van der Waals surface area contributed by atoms with Crippen LogP contribution in [0.1, 0.15) is 43.7 Å². The molecule has 1 aliphatic rings. The Balaban J connectivity index is 2.29. The number of sulfonamides is 1. The topological polar surface area (TPSA) is 55.4 Å². The average molecular weight is 311 g/mol. The van der Waals surface area contributed by atoms with Gasteiger partial charge in [-0.05, 0) is 55.9 Å². The Morgan fingerprint density at radius 1 is 1.14 bits per heavy atom. The first kappa shape index (κ1) is 16.3. The molecule has 0 bridgehead atoms. The van der Waals surface area contributed by atoms with Crippen molar-refractivity contribution < 1.29 is 13.2 Å². The molecule has 0 aromatic heterocycles. The van der Waals surface area contributed by atoms with Crippen molar-refractivity contribution in [2.75, 3.05) is 7.11 Å². The minimum Gasteiger partial charge on any atom is -0.496 e. The van der Waals surface area contributed by atoms with Gasteiger partial charge in [-0.2, -0.15) is 0 Å². The molecule has 1 aliphatic carbocycles. The highest BCUT2D eigenvalue weighted by molar-refractivity contribution is 7.89. The summed E-state index contributed by atoms with van der Waals surface area (Å²) in [5, 5.41) is 0. The molecule has 0 heterocycles. The molecule has 0 spiro atoms. The summed E-state index contributed by atoms with van der Waals surface area (Å²) in [4.78, 5) is 0.360. The van der Waals surface area contributed by atoms with Crippen molar-refractivity contribution in [1.82, 2.24) is 4.72 Å². The molecule has 1 aromatic carbocycles.